The van der Waals surface area contributed by atoms with Gasteiger partial charge in [-0.25, -0.2) is 4.39 Å². The Hall–Kier alpha value is -1.00. The average molecular weight is 341 g/mol. The van der Waals surface area contributed by atoms with Crippen molar-refractivity contribution in [3.63, 3.8) is 0 Å². The van der Waals surface area contributed by atoms with Crippen molar-refractivity contribution < 1.29 is 9.18 Å². The molecule has 2 rings (SSSR count). The van der Waals surface area contributed by atoms with Crippen LogP contribution in [-0.2, 0) is 0 Å². The van der Waals surface area contributed by atoms with Crippen molar-refractivity contribution in [3.8, 4) is 10.4 Å². The molecule has 0 aliphatic rings. The Labute approximate surface area is 124 Å². The molecule has 0 fully saturated rings. The van der Waals surface area contributed by atoms with E-state index in [1.807, 2.05) is 32.9 Å². The van der Waals surface area contributed by atoms with Crippen molar-refractivity contribution in [1.82, 2.24) is 0 Å². The van der Waals surface area contributed by atoms with E-state index in [-0.39, 0.29) is 17.5 Å². The second-order valence-corrected chi connectivity index (χ2v) is 6.70. The Balaban J connectivity index is 2.44. The van der Waals surface area contributed by atoms with Gasteiger partial charge in [0.2, 0.25) is 0 Å². The van der Waals surface area contributed by atoms with Crippen molar-refractivity contribution in [1.29, 1.82) is 0 Å². The summed E-state index contributed by atoms with van der Waals surface area (Å²) in [6.45, 7) is 5.65. The lowest BCUT2D eigenvalue weighted by Crippen LogP contribution is -2.04. The maximum Gasteiger partial charge on any atom is 0.175 e. The zero-order chi connectivity index (χ0) is 14.2. The molecule has 0 saturated carbocycles. The van der Waals surface area contributed by atoms with Crippen molar-refractivity contribution in [2.24, 2.45) is 5.92 Å². The van der Waals surface area contributed by atoms with Gasteiger partial charge in [-0.15, -0.1) is 11.3 Å². The quantitative estimate of drug-likeness (QED) is 0.677. The molecule has 0 unspecified atom stereocenters. The number of ketones is 1. The number of thiophene rings is 1. The first-order valence-electron chi connectivity index (χ1n) is 6.00. The fraction of sp³-hybridized carbons (Fsp3) is 0.267. The molecule has 19 heavy (non-hydrogen) atoms. The summed E-state index contributed by atoms with van der Waals surface area (Å²) in [5.74, 6) is -0.126. The minimum atomic E-state index is -0.267. The molecule has 1 heterocycles. The van der Waals surface area contributed by atoms with Crippen LogP contribution in [0.15, 0.2) is 28.7 Å². The van der Waals surface area contributed by atoms with Gasteiger partial charge in [0.15, 0.2) is 5.78 Å². The number of carbonyl (C=O) groups excluding carboxylic acids is 1. The maximum absolute atomic E-state index is 13.4. The lowest BCUT2D eigenvalue weighted by atomic mass is 10.1. The fourth-order valence-corrected chi connectivity index (χ4v) is 3.33. The van der Waals surface area contributed by atoms with Crippen LogP contribution >= 0.6 is 27.3 Å². The third-order valence-electron chi connectivity index (χ3n) is 2.91. The van der Waals surface area contributed by atoms with Crippen LogP contribution in [0, 0.1) is 18.7 Å². The number of Topliss-reactive ketones (excluding diaryl/α,β-unsaturated/α-hetero) is 1. The number of aryl methyl sites for hydroxylation is 1. The van der Waals surface area contributed by atoms with Crippen LogP contribution in [0.5, 0.6) is 0 Å². The lowest BCUT2D eigenvalue weighted by Gasteiger charge is -2.05. The number of hydrogen-bond donors (Lipinski definition) is 0. The Morgan fingerprint density at radius 1 is 1.32 bits per heavy atom. The molecule has 0 spiro atoms. The maximum atomic E-state index is 13.4. The average Bonchev–Trinajstić information content (AvgIpc) is 2.81. The molecule has 0 N–H and O–H groups in total. The minimum absolute atomic E-state index is 0.00690. The van der Waals surface area contributed by atoms with Crippen LogP contribution in [-0.4, -0.2) is 5.78 Å². The van der Waals surface area contributed by atoms with Gasteiger partial charge in [0.25, 0.3) is 0 Å². The van der Waals surface area contributed by atoms with Gasteiger partial charge in [-0.1, -0.05) is 13.8 Å². The van der Waals surface area contributed by atoms with E-state index in [4.69, 9.17) is 0 Å². The summed E-state index contributed by atoms with van der Waals surface area (Å²) in [6.07, 6.45) is 0. The van der Waals surface area contributed by atoms with E-state index in [9.17, 15) is 9.18 Å². The first-order valence-corrected chi connectivity index (χ1v) is 7.61. The molecule has 2 aromatic rings. The molecule has 0 aliphatic carbocycles. The van der Waals surface area contributed by atoms with Crippen LogP contribution in [0.4, 0.5) is 4.39 Å². The molecule has 100 valence electrons. The first-order chi connectivity index (χ1) is 8.90. The van der Waals surface area contributed by atoms with Crippen LogP contribution in [0.2, 0.25) is 0 Å². The van der Waals surface area contributed by atoms with Gasteiger partial charge in [-0.3, -0.25) is 4.79 Å². The Bertz CT molecular complexity index is 631. The highest BCUT2D eigenvalue weighted by Crippen LogP contribution is 2.34. The van der Waals surface area contributed by atoms with Gasteiger partial charge in [0.1, 0.15) is 5.82 Å². The van der Waals surface area contributed by atoms with E-state index >= 15 is 0 Å². The van der Waals surface area contributed by atoms with Crippen molar-refractivity contribution in [2.45, 2.75) is 20.8 Å². The highest BCUT2D eigenvalue weighted by Gasteiger charge is 2.15. The van der Waals surface area contributed by atoms with Gasteiger partial charge in [-0.05, 0) is 58.2 Å². The molecule has 4 heteroatoms. The summed E-state index contributed by atoms with van der Waals surface area (Å²) in [4.78, 5) is 13.7. The molecule has 0 bridgehead atoms. The second-order valence-electron chi connectivity index (χ2n) is 4.76. The molecular weight excluding hydrogens is 327 g/mol. The standard InChI is InChI=1S/C15H14BrFOS/c1-8(2)15(18)14-5-4-13(19-14)10-7-11(16)12(17)6-9(10)3/h4-8H,1-3H3. The van der Waals surface area contributed by atoms with Gasteiger partial charge < -0.3 is 0 Å². The molecule has 1 aromatic heterocycles. The number of carbonyl (C=O) groups is 1. The molecule has 0 amide bonds. The molecule has 0 atom stereocenters. The third kappa shape index (κ3) is 2.95. The zero-order valence-corrected chi connectivity index (χ0v) is 13.4. The predicted octanol–water partition coefficient (Wildman–Crippen LogP) is 5.46. The molecule has 1 aromatic carbocycles. The summed E-state index contributed by atoms with van der Waals surface area (Å²) in [6, 6.07) is 7.04. The molecule has 0 aliphatic heterocycles. The largest absolute Gasteiger partial charge is 0.293 e. The molecule has 1 nitrogen and oxygen atoms in total. The number of halogens is 2. The van der Waals surface area contributed by atoms with E-state index < -0.39 is 0 Å². The smallest absolute Gasteiger partial charge is 0.175 e. The summed E-state index contributed by atoms with van der Waals surface area (Å²) < 4.78 is 13.9. The van der Waals surface area contributed by atoms with E-state index in [1.165, 1.54) is 17.4 Å². The monoisotopic (exact) mass is 340 g/mol. The van der Waals surface area contributed by atoms with Crippen LogP contribution < -0.4 is 0 Å². The Morgan fingerprint density at radius 3 is 2.63 bits per heavy atom. The van der Waals surface area contributed by atoms with Crippen molar-refractivity contribution >= 4 is 33.0 Å². The summed E-state index contributed by atoms with van der Waals surface area (Å²) in [7, 11) is 0. The van der Waals surface area contributed by atoms with Gasteiger partial charge >= 0.3 is 0 Å². The van der Waals surface area contributed by atoms with Gasteiger partial charge in [-0.2, -0.15) is 0 Å². The number of hydrogen-bond acceptors (Lipinski definition) is 2. The molecular formula is C15H14BrFOS. The van der Waals surface area contributed by atoms with Crippen molar-refractivity contribution in [3.05, 3.63) is 45.0 Å². The summed E-state index contributed by atoms with van der Waals surface area (Å²) >= 11 is 4.66. The second kappa shape index (κ2) is 5.55. The number of benzene rings is 1. The molecule has 0 radical (unpaired) electrons. The van der Waals surface area contributed by atoms with E-state index in [1.54, 1.807) is 6.07 Å². The Kier molecular flexibility index (Phi) is 4.21. The van der Waals surface area contributed by atoms with Crippen LogP contribution in [0.1, 0.15) is 29.1 Å². The lowest BCUT2D eigenvalue weighted by molar-refractivity contribution is 0.0943. The third-order valence-corrected chi connectivity index (χ3v) is 4.65. The van der Waals surface area contributed by atoms with Gasteiger partial charge in [0.05, 0.1) is 9.35 Å². The fourth-order valence-electron chi connectivity index (χ4n) is 1.81. The first kappa shape index (κ1) is 14.4. The SMILES string of the molecule is Cc1cc(F)c(Br)cc1-c1ccc(C(=O)C(C)C)s1. The van der Waals surface area contributed by atoms with Crippen LogP contribution in [0.25, 0.3) is 10.4 Å². The summed E-state index contributed by atoms with van der Waals surface area (Å²) in [5.41, 5.74) is 1.83. The minimum Gasteiger partial charge on any atom is -0.293 e. The van der Waals surface area contributed by atoms with E-state index in [0.29, 0.717) is 4.47 Å². The Morgan fingerprint density at radius 2 is 2.00 bits per heavy atom. The zero-order valence-electron chi connectivity index (χ0n) is 11.0. The molecule has 0 saturated heterocycles. The van der Waals surface area contributed by atoms with E-state index in [0.717, 1.165) is 20.9 Å². The highest BCUT2D eigenvalue weighted by molar-refractivity contribution is 9.10. The number of rotatable bonds is 3. The van der Waals surface area contributed by atoms with Crippen LogP contribution in [0.3, 0.4) is 0 Å². The normalized spacial score (nSPS) is 11.1. The van der Waals surface area contributed by atoms with Crippen molar-refractivity contribution in [2.75, 3.05) is 0 Å². The topological polar surface area (TPSA) is 17.1 Å². The predicted molar refractivity (Wildman–Crippen MR) is 81.3 cm³/mol. The highest BCUT2D eigenvalue weighted by atomic mass is 79.9. The van der Waals surface area contributed by atoms with Gasteiger partial charge in [0, 0.05) is 10.8 Å². The summed E-state index contributed by atoms with van der Waals surface area (Å²) in [5, 5.41) is 0. The van der Waals surface area contributed by atoms with E-state index in [2.05, 4.69) is 15.9 Å².